The minimum Gasteiger partial charge on any atom is -0.487 e. The molecule has 3 aromatic carbocycles. The van der Waals surface area contributed by atoms with Gasteiger partial charge in [-0.25, -0.2) is 17.8 Å². The highest BCUT2D eigenvalue weighted by Gasteiger charge is 2.18. The smallest absolute Gasteiger partial charge is 0.262 e. The highest BCUT2D eigenvalue weighted by atomic mass is 32.2. The molecule has 1 aromatic heterocycles. The second-order valence-corrected chi connectivity index (χ2v) is 9.71. The number of carbonyl (C=O) groups is 1. The molecule has 0 fully saturated rings. The van der Waals surface area contributed by atoms with Crippen LogP contribution in [0.5, 0.6) is 5.75 Å². The van der Waals surface area contributed by atoms with Gasteiger partial charge >= 0.3 is 0 Å². The minimum atomic E-state index is -3.96. The number of hydrogen-bond donors (Lipinski definition) is 2. The van der Waals surface area contributed by atoms with E-state index in [4.69, 9.17) is 4.74 Å². The second-order valence-electron chi connectivity index (χ2n) is 7.34. The highest BCUT2D eigenvalue weighted by molar-refractivity contribution is 7.92. The van der Waals surface area contributed by atoms with Gasteiger partial charge in [-0.1, -0.05) is 6.07 Å². The molecule has 34 heavy (non-hydrogen) atoms. The van der Waals surface area contributed by atoms with Crippen LogP contribution in [-0.2, 0) is 16.6 Å². The van der Waals surface area contributed by atoms with Crippen LogP contribution in [0.1, 0.15) is 21.6 Å². The third-order valence-electron chi connectivity index (χ3n) is 4.82. The first-order chi connectivity index (χ1) is 16.3. The van der Waals surface area contributed by atoms with Crippen molar-refractivity contribution in [2.24, 2.45) is 0 Å². The molecule has 1 amide bonds. The number of carbonyl (C=O) groups excluding carboxylic acids is 1. The number of aryl methyl sites for hydroxylation is 1. The van der Waals surface area contributed by atoms with Crippen molar-refractivity contribution in [3.8, 4) is 5.75 Å². The standard InChI is InChI=1S/C24H20FN3O4S2/c1-16-2-7-20(12-23(16)34(30,31)28-19-8-5-18(25)6-9-19)27-24(29)17-3-10-22(11-4-17)32-13-21-14-33-15-26-21/h2-12,14-15,28H,13H2,1H3,(H,27,29). The van der Waals surface area contributed by atoms with Crippen LogP contribution in [-0.4, -0.2) is 19.3 Å². The maximum atomic E-state index is 13.1. The summed E-state index contributed by atoms with van der Waals surface area (Å²) in [6.07, 6.45) is 0. The Bertz CT molecular complexity index is 1390. The fourth-order valence-corrected chi connectivity index (χ4v) is 4.94. The van der Waals surface area contributed by atoms with Crippen LogP contribution >= 0.6 is 11.3 Å². The van der Waals surface area contributed by atoms with Crippen LogP contribution in [0, 0.1) is 12.7 Å². The first kappa shape index (κ1) is 23.4. The molecule has 0 aliphatic heterocycles. The Morgan fingerprint density at radius 2 is 1.74 bits per heavy atom. The van der Waals surface area contributed by atoms with Gasteiger partial charge in [-0.3, -0.25) is 9.52 Å². The summed E-state index contributed by atoms with van der Waals surface area (Å²) in [6, 6.07) is 16.2. The Balaban J connectivity index is 1.45. The molecule has 0 saturated carbocycles. The number of anilines is 2. The SMILES string of the molecule is Cc1ccc(NC(=O)c2ccc(OCc3cscn3)cc2)cc1S(=O)(=O)Nc1ccc(F)cc1. The third kappa shape index (κ3) is 5.77. The number of benzene rings is 3. The molecule has 174 valence electrons. The minimum absolute atomic E-state index is 0.000382. The van der Waals surface area contributed by atoms with Crippen LogP contribution in [0.3, 0.4) is 0 Å². The molecule has 2 N–H and O–H groups in total. The van der Waals surface area contributed by atoms with Gasteiger partial charge in [0.1, 0.15) is 18.2 Å². The summed E-state index contributed by atoms with van der Waals surface area (Å²) < 4.78 is 46.9. The number of aromatic nitrogens is 1. The number of ether oxygens (including phenoxy) is 1. The average Bonchev–Trinajstić information content (AvgIpc) is 3.34. The normalized spacial score (nSPS) is 11.1. The predicted octanol–water partition coefficient (Wildman–Crippen LogP) is 5.22. The molecular formula is C24H20FN3O4S2. The van der Waals surface area contributed by atoms with E-state index in [2.05, 4.69) is 15.0 Å². The van der Waals surface area contributed by atoms with E-state index in [0.717, 1.165) is 17.8 Å². The number of amides is 1. The van der Waals surface area contributed by atoms with Crippen molar-refractivity contribution in [3.63, 3.8) is 0 Å². The Hall–Kier alpha value is -3.76. The fraction of sp³-hybridized carbons (Fsp3) is 0.0833. The second kappa shape index (κ2) is 10.0. The molecule has 4 rings (SSSR count). The van der Waals surface area contributed by atoms with E-state index in [9.17, 15) is 17.6 Å². The van der Waals surface area contributed by atoms with Crippen molar-refractivity contribution in [2.75, 3.05) is 10.0 Å². The maximum absolute atomic E-state index is 13.1. The first-order valence-corrected chi connectivity index (χ1v) is 12.5. The summed E-state index contributed by atoms with van der Waals surface area (Å²) in [5.41, 5.74) is 3.98. The molecule has 0 aliphatic carbocycles. The van der Waals surface area contributed by atoms with Crippen LogP contribution < -0.4 is 14.8 Å². The number of nitrogens with zero attached hydrogens (tertiary/aromatic N) is 1. The Kier molecular flexibility index (Phi) is 6.90. The highest BCUT2D eigenvalue weighted by Crippen LogP contribution is 2.24. The number of sulfonamides is 1. The Morgan fingerprint density at radius 1 is 1.03 bits per heavy atom. The van der Waals surface area contributed by atoms with Crippen molar-refractivity contribution in [1.29, 1.82) is 0 Å². The average molecular weight is 498 g/mol. The van der Waals surface area contributed by atoms with Gasteiger partial charge in [0, 0.05) is 22.3 Å². The van der Waals surface area contributed by atoms with Gasteiger partial charge < -0.3 is 10.1 Å². The van der Waals surface area contributed by atoms with Gasteiger partial charge in [0.15, 0.2) is 0 Å². The van der Waals surface area contributed by atoms with E-state index in [0.29, 0.717) is 29.2 Å². The van der Waals surface area contributed by atoms with Crippen molar-refractivity contribution < 1.29 is 22.3 Å². The molecule has 4 aromatic rings. The number of rotatable bonds is 8. The van der Waals surface area contributed by atoms with E-state index < -0.39 is 21.7 Å². The number of nitrogens with one attached hydrogen (secondary N) is 2. The molecule has 1 heterocycles. The molecule has 0 radical (unpaired) electrons. The van der Waals surface area contributed by atoms with Crippen LogP contribution in [0.25, 0.3) is 0 Å². The van der Waals surface area contributed by atoms with Crippen molar-refractivity contribution >= 4 is 38.6 Å². The molecule has 0 aliphatic rings. The molecule has 0 bridgehead atoms. The summed E-state index contributed by atoms with van der Waals surface area (Å²) in [5, 5.41) is 4.61. The zero-order valence-electron chi connectivity index (χ0n) is 18.0. The van der Waals surface area contributed by atoms with Crippen LogP contribution in [0.15, 0.2) is 82.5 Å². The fourth-order valence-electron chi connectivity index (χ4n) is 3.07. The van der Waals surface area contributed by atoms with Gasteiger partial charge in [0.2, 0.25) is 0 Å². The van der Waals surface area contributed by atoms with Crippen molar-refractivity contribution in [1.82, 2.24) is 4.98 Å². The first-order valence-electron chi connectivity index (χ1n) is 10.1. The van der Waals surface area contributed by atoms with E-state index >= 15 is 0 Å². The zero-order chi connectivity index (χ0) is 24.1. The van der Waals surface area contributed by atoms with Gasteiger partial charge in [-0.15, -0.1) is 11.3 Å². The number of thiazole rings is 1. The lowest BCUT2D eigenvalue weighted by Crippen LogP contribution is -2.16. The Morgan fingerprint density at radius 3 is 2.41 bits per heavy atom. The van der Waals surface area contributed by atoms with E-state index in [1.54, 1.807) is 48.8 Å². The zero-order valence-corrected chi connectivity index (χ0v) is 19.6. The molecule has 0 unspecified atom stereocenters. The molecule has 7 nitrogen and oxygen atoms in total. The molecule has 0 saturated heterocycles. The van der Waals surface area contributed by atoms with E-state index in [1.807, 2.05) is 5.38 Å². The summed E-state index contributed by atoms with van der Waals surface area (Å²) >= 11 is 1.49. The van der Waals surface area contributed by atoms with Crippen LogP contribution in [0.2, 0.25) is 0 Å². The summed E-state index contributed by atoms with van der Waals surface area (Å²) in [4.78, 5) is 16.8. The van der Waals surface area contributed by atoms with Gasteiger partial charge in [-0.2, -0.15) is 0 Å². The lowest BCUT2D eigenvalue weighted by atomic mass is 10.2. The molecular weight excluding hydrogens is 477 g/mol. The monoisotopic (exact) mass is 497 g/mol. The van der Waals surface area contributed by atoms with Crippen LogP contribution in [0.4, 0.5) is 15.8 Å². The number of hydrogen-bond acceptors (Lipinski definition) is 6. The molecule has 0 atom stereocenters. The van der Waals surface area contributed by atoms with Gasteiger partial charge in [0.05, 0.1) is 16.1 Å². The maximum Gasteiger partial charge on any atom is 0.262 e. The van der Waals surface area contributed by atoms with E-state index in [-0.39, 0.29) is 10.6 Å². The third-order valence-corrected chi connectivity index (χ3v) is 6.98. The summed E-state index contributed by atoms with van der Waals surface area (Å²) in [7, 11) is -3.96. The summed E-state index contributed by atoms with van der Waals surface area (Å²) in [5.74, 6) is -0.271. The summed E-state index contributed by atoms with van der Waals surface area (Å²) in [6.45, 7) is 1.98. The van der Waals surface area contributed by atoms with Gasteiger partial charge in [0.25, 0.3) is 15.9 Å². The lowest BCUT2D eigenvalue weighted by Gasteiger charge is -2.13. The number of halogens is 1. The largest absolute Gasteiger partial charge is 0.487 e. The topological polar surface area (TPSA) is 97.4 Å². The van der Waals surface area contributed by atoms with Crippen molar-refractivity contribution in [3.05, 3.63) is 100 Å². The predicted molar refractivity (Wildman–Crippen MR) is 129 cm³/mol. The molecule has 0 spiro atoms. The van der Waals surface area contributed by atoms with Gasteiger partial charge in [-0.05, 0) is 73.2 Å². The lowest BCUT2D eigenvalue weighted by molar-refractivity contribution is 0.102. The Labute approximate surface area is 200 Å². The molecule has 10 heteroatoms. The van der Waals surface area contributed by atoms with E-state index in [1.165, 1.54) is 29.5 Å². The quantitative estimate of drug-likeness (QED) is 0.348. The van der Waals surface area contributed by atoms with Crippen molar-refractivity contribution in [2.45, 2.75) is 18.4 Å².